The summed E-state index contributed by atoms with van der Waals surface area (Å²) in [7, 11) is -4.03. The molecule has 1 atom stereocenters. The Bertz CT molecular complexity index is 674. The van der Waals surface area contributed by atoms with Crippen LogP contribution >= 0.6 is 15.9 Å². The Hall–Kier alpha value is -0.990. The van der Waals surface area contributed by atoms with Gasteiger partial charge in [0, 0.05) is 11.0 Å². The van der Waals surface area contributed by atoms with E-state index in [-0.39, 0.29) is 14.9 Å². The number of sulfonamides is 1. The molecule has 8 heteroatoms. The fourth-order valence-electron chi connectivity index (χ4n) is 2.10. The predicted molar refractivity (Wildman–Crippen MR) is 79.7 cm³/mol. The van der Waals surface area contributed by atoms with Gasteiger partial charge < -0.3 is 5.32 Å². The molecule has 3 N–H and O–H groups in total. The predicted octanol–water partition coefficient (Wildman–Crippen LogP) is 2.01. The third-order valence-corrected chi connectivity index (χ3v) is 5.45. The first kappa shape index (κ1) is 16.4. The summed E-state index contributed by atoms with van der Waals surface area (Å²) < 4.78 is 36.6. The third kappa shape index (κ3) is 4.02. The maximum absolute atomic E-state index is 13.8. The molecule has 0 radical (unpaired) electrons. The molecular formula is C13H16BrFN2O3S. The average Bonchev–Trinajstić information content (AvgIpc) is 3.18. The van der Waals surface area contributed by atoms with Crippen LogP contribution in [0, 0.1) is 17.7 Å². The number of halogens is 2. The molecule has 0 saturated heterocycles. The van der Waals surface area contributed by atoms with Crippen LogP contribution < -0.4 is 10.5 Å². The molecule has 1 fully saturated rings. The third-order valence-electron chi connectivity index (χ3n) is 3.58. The number of hydrogen-bond acceptors (Lipinski definition) is 3. The van der Waals surface area contributed by atoms with Crippen molar-refractivity contribution in [3.8, 4) is 0 Å². The van der Waals surface area contributed by atoms with Crippen molar-refractivity contribution in [3.05, 3.63) is 28.0 Å². The first-order valence-corrected chi connectivity index (χ1v) is 8.84. The minimum Gasteiger partial charge on any atom is -0.352 e. The van der Waals surface area contributed by atoms with Crippen LogP contribution in [0.3, 0.4) is 0 Å². The van der Waals surface area contributed by atoms with E-state index < -0.39 is 21.7 Å². The molecular weight excluding hydrogens is 363 g/mol. The Kier molecular flexibility index (Phi) is 4.69. The molecule has 1 aliphatic rings. The highest BCUT2D eigenvalue weighted by atomic mass is 79.9. The van der Waals surface area contributed by atoms with Crippen molar-refractivity contribution in [2.75, 3.05) is 6.54 Å². The fraction of sp³-hybridized carbons (Fsp3) is 0.462. The van der Waals surface area contributed by atoms with Crippen molar-refractivity contribution >= 4 is 31.9 Å². The lowest BCUT2D eigenvalue weighted by Gasteiger charge is -2.12. The van der Waals surface area contributed by atoms with E-state index >= 15 is 0 Å². The van der Waals surface area contributed by atoms with Gasteiger partial charge in [-0.2, -0.15) is 0 Å². The molecule has 0 aliphatic heterocycles. The van der Waals surface area contributed by atoms with E-state index in [0.717, 1.165) is 25.0 Å². The quantitative estimate of drug-likeness (QED) is 0.820. The molecule has 5 nitrogen and oxygen atoms in total. The van der Waals surface area contributed by atoms with Crippen LogP contribution in [0.15, 0.2) is 21.5 Å². The number of nitrogens with one attached hydrogen (secondary N) is 1. The first-order chi connectivity index (χ1) is 9.70. The van der Waals surface area contributed by atoms with E-state index in [0.29, 0.717) is 18.4 Å². The topological polar surface area (TPSA) is 89.3 Å². The smallest absolute Gasteiger partial charge is 0.254 e. The van der Waals surface area contributed by atoms with Crippen LogP contribution in [0.25, 0.3) is 0 Å². The number of carbonyl (C=O) groups is 1. The minimum absolute atomic E-state index is 0.00889. The van der Waals surface area contributed by atoms with Crippen LogP contribution in [0.4, 0.5) is 4.39 Å². The molecule has 1 aromatic carbocycles. The second-order valence-electron chi connectivity index (χ2n) is 5.33. The normalized spacial score (nSPS) is 16.6. The zero-order valence-electron chi connectivity index (χ0n) is 11.4. The number of primary sulfonamides is 1. The summed E-state index contributed by atoms with van der Waals surface area (Å²) in [6.07, 6.45) is 2.30. The molecule has 1 unspecified atom stereocenters. The summed E-state index contributed by atoms with van der Waals surface area (Å²) in [5, 5.41) is 7.66. The van der Waals surface area contributed by atoms with Crippen molar-refractivity contribution in [2.45, 2.75) is 24.7 Å². The van der Waals surface area contributed by atoms with Gasteiger partial charge in [-0.3, -0.25) is 4.79 Å². The van der Waals surface area contributed by atoms with Crippen LogP contribution in [-0.4, -0.2) is 20.9 Å². The van der Waals surface area contributed by atoms with Gasteiger partial charge in [0.1, 0.15) is 5.82 Å². The second-order valence-corrected chi connectivity index (χ2v) is 7.72. The zero-order chi connectivity index (χ0) is 15.8. The van der Waals surface area contributed by atoms with Gasteiger partial charge in [0.2, 0.25) is 10.0 Å². The number of hydrogen-bond donors (Lipinski definition) is 2. The number of carbonyl (C=O) groups excluding carboxylic acids is 1. The van der Waals surface area contributed by atoms with Gasteiger partial charge in [-0.1, -0.05) is 6.92 Å². The zero-order valence-corrected chi connectivity index (χ0v) is 13.8. The molecule has 1 aromatic rings. The first-order valence-electron chi connectivity index (χ1n) is 6.50. The lowest BCUT2D eigenvalue weighted by Crippen LogP contribution is -2.30. The van der Waals surface area contributed by atoms with Gasteiger partial charge in [0.15, 0.2) is 0 Å². The summed E-state index contributed by atoms with van der Waals surface area (Å²) in [4.78, 5) is 11.7. The molecule has 1 saturated carbocycles. The number of benzene rings is 1. The van der Waals surface area contributed by atoms with Gasteiger partial charge in [-0.05, 0) is 52.7 Å². The van der Waals surface area contributed by atoms with Gasteiger partial charge in [-0.25, -0.2) is 17.9 Å². The number of nitrogens with two attached hydrogens (primary N) is 1. The fourth-order valence-corrected chi connectivity index (χ4v) is 3.71. The average molecular weight is 379 g/mol. The second kappa shape index (κ2) is 6.02. The highest BCUT2D eigenvalue weighted by molar-refractivity contribution is 9.10. The Labute approximate surface area is 131 Å². The van der Waals surface area contributed by atoms with E-state index in [1.165, 1.54) is 0 Å². The maximum atomic E-state index is 13.8. The van der Waals surface area contributed by atoms with Crippen LogP contribution in [-0.2, 0) is 10.0 Å². The highest BCUT2D eigenvalue weighted by Gasteiger charge is 2.28. The Morgan fingerprint density at radius 2 is 2.14 bits per heavy atom. The van der Waals surface area contributed by atoms with E-state index in [9.17, 15) is 17.6 Å². The molecule has 116 valence electrons. The Balaban J connectivity index is 2.19. The van der Waals surface area contributed by atoms with Crippen molar-refractivity contribution < 1.29 is 17.6 Å². The number of rotatable bonds is 5. The van der Waals surface area contributed by atoms with E-state index in [4.69, 9.17) is 5.14 Å². The summed E-state index contributed by atoms with van der Waals surface area (Å²) in [6.45, 7) is 2.45. The van der Waals surface area contributed by atoms with Gasteiger partial charge >= 0.3 is 0 Å². The van der Waals surface area contributed by atoms with Crippen molar-refractivity contribution in [1.29, 1.82) is 0 Å². The van der Waals surface area contributed by atoms with Crippen LogP contribution in [0.5, 0.6) is 0 Å². The van der Waals surface area contributed by atoms with Gasteiger partial charge in [0.25, 0.3) is 5.91 Å². The van der Waals surface area contributed by atoms with E-state index in [1.807, 2.05) is 6.92 Å². The molecule has 0 spiro atoms. The minimum atomic E-state index is -4.03. The molecule has 1 amide bonds. The summed E-state index contributed by atoms with van der Waals surface area (Å²) >= 11 is 2.92. The van der Waals surface area contributed by atoms with Gasteiger partial charge in [0.05, 0.1) is 10.5 Å². The molecule has 21 heavy (non-hydrogen) atoms. The molecule has 0 heterocycles. The van der Waals surface area contributed by atoms with Crippen molar-refractivity contribution in [2.24, 2.45) is 17.0 Å². The van der Waals surface area contributed by atoms with E-state index in [2.05, 4.69) is 21.2 Å². The Morgan fingerprint density at radius 3 is 2.67 bits per heavy atom. The molecule has 2 rings (SSSR count). The van der Waals surface area contributed by atoms with Crippen molar-refractivity contribution in [3.63, 3.8) is 0 Å². The summed E-state index contributed by atoms with van der Waals surface area (Å²) in [6, 6.07) is 1.88. The van der Waals surface area contributed by atoms with Crippen LogP contribution in [0.2, 0.25) is 0 Å². The van der Waals surface area contributed by atoms with Gasteiger partial charge in [-0.15, -0.1) is 0 Å². The Morgan fingerprint density at radius 1 is 1.52 bits per heavy atom. The SMILES string of the molecule is CC(CNC(=O)c1cc(S(N)(=O)=O)c(Br)cc1F)C1CC1. The molecule has 0 bridgehead atoms. The monoisotopic (exact) mass is 378 g/mol. The lowest BCUT2D eigenvalue weighted by atomic mass is 10.1. The standard InChI is InChI=1S/C13H16BrFN2O3S/c1-7(8-2-3-8)6-17-13(18)9-4-12(21(16,19)20)10(14)5-11(9)15/h4-5,7-8H,2-3,6H2,1H3,(H,17,18)(H2,16,19,20). The highest BCUT2D eigenvalue weighted by Crippen LogP contribution is 2.36. The van der Waals surface area contributed by atoms with E-state index in [1.54, 1.807) is 0 Å². The summed E-state index contributed by atoms with van der Waals surface area (Å²) in [5.74, 6) is -0.506. The molecule has 0 aromatic heterocycles. The maximum Gasteiger partial charge on any atom is 0.254 e. The number of amides is 1. The van der Waals surface area contributed by atoms with Crippen molar-refractivity contribution in [1.82, 2.24) is 5.32 Å². The lowest BCUT2D eigenvalue weighted by molar-refractivity contribution is 0.0942. The largest absolute Gasteiger partial charge is 0.352 e. The summed E-state index contributed by atoms with van der Waals surface area (Å²) in [5.41, 5.74) is -0.328. The van der Waals surface area contributed by atoms with Crippen LogP contribution in [0.1, 0.15) is 30.1 Å². The molecule has 1 aliphatic carbocycles.